The van der Waals surface area contributed by atoms with Gasteiger partial charge >= 0.3 is 17.1 Å². The lowest BCUT2D eigenvalue weighted by Crippen LogP contribution is -2.47. The molecule has 0 aromatic rings. The predicted octanol–water partition coefficient (Wildman–Crippen LogP) is 3.31. The molecule has 0 aliphatic carbocycles. The molecule has 0 saturated carbocycles. The van der Waals surface area contributed by atoms with Crippen molar-refractivity contribution in [1.82, 2.24) is 9.80 Å². The second-order valence-electron chi connectivity index (χ2n) is 9.60. The Morgan fingerprint density at radius 2 is 1.11 bits per heavy atom. The summed E-state index contributed by atoms with van der Waals surface area (Å²) < 4.78 is 35.5. The average Bonchev–Trinajstić information content (AvgIpc) is 2.89. The molecule has 0 aliphatic rings. The molecule has 0 aromatic carbocycles. The fraction of sp³-hybridized carbons (Fsp3) is 1.00. The Kier molecular flexibility index (Phi) is 21.0. The molecule has 0 amide bonds. The molecule has 0 heterocycles. The highest BCUT2D eigenvalue weighted by molar-refractivity contribution is 6.66. The Hall–Kier alpha value is 0.0738. The Balaban J connectivity index is 4.67. The second-order valence-corrected chi connectivity index (χ2v) is 16.6. The van der Waals surface area contributed by atoms with E-state index in [0.717, 1.165) is 57.7 Å². The van der Waals surface area contributed by atoms with E-state index in [0.29, 0.717) is 33.0 Å². The van der Waals surface area contributed by atoms with Crippen LogP contribution in [0.5, 0.6) is 0 Å². The van der Waals surface area contributed by atoms with Crippen LogP contribution in [0.15, 0.2) is 0 Å². The van der Waals surface area contributed by atoms with Crippen molar-refractivity contribution in [2.24, 2.45) is 0 Å². The minimum absolute atomic E-state index is 0.0493. The molecule has 0 saturated heterocycles. The van der Waals surface area contributed by atoms with E-state index in [1.807, 2.05) is 0 Å². The van der Waals surface area contributed by atoms with E-state index in [-0.39, 0.29) is 6.10 Å². The van der Waals surface area contributed by atoms with E-state index in [1.54, 1.807) is 21.3 Å². The first-order valence-corrected chi connectivity index (χ1v) is 18.8. The molecule has 0 bridgehead atoms. The van der Waals surface area contributed by atoms with Crippen LogP contribution in [-0.4, -0.2) is 131 Å². The van der Waals surface area contributed by atoms with Gasteiger partial charge in [-0.1, -0.05) is 27.7 Å². The summed E-state index contributed by atoms with van der Waals surface area (Å²) in [6.45, 7) is 20.1. The van der Waals surface area contributed by atoms with E-state index in [4.69, 9.17) is 27.2 Å². The number of hydrogen-bond donors (Lipinski definition) is 1. The molecule has 0 rings (SSSR count). The third kappa shape index (κ3) is 16.1. The molecule has 1 N–H and O–H groups in total. The van der Waals surface area contributed by atoms with Crippen molar-refractivity contribution in [3.8, 4) is 0 Å². The zero-order chi connectivity index (χ0) is 27.5. The highest BCUT2D eigenvalue weighted by Gasteiger charge is 2.34. The first-order valence-electron chi connectivity index (χ1n) is 13.8. The van der Waals surface area contributed by atoms with Gasteiger partial charge in [0, 0.05) is 47.6 Å². The van der Waals surface area contributed by atoms with Gasteiger partial charge in [0.1, 0.15) is 0 Å². The highest BCUT2D eigenvalue weighted by atomic mass is 28.4. The highest BCUT2D eigenvalue weighted by Crippen LogP contribution is 2.19. The molecular weight excluding hydrogens is 496 g/mol. The SMILES string of the molecule is CCN(CC)CC(O)COCCC[Si](C)(OC)OC(COCCC[Si](C)(OC)OC)CN(CC)CC. The van der Waals surface area contributed by atoms with Gasteiger partial charge in [-0.3, -0.25) is 0 Å². The molecule has 3 unspecified atom stereocenters. The largest absolute Gasteiger partial charge is 0.398 e. The lowest BCUT2D eigenvalue weighted by Gasteiger charge is -2.33. The number of rotatable bonds is 25. The summed E-state index contributed by atoms with van der Waals surface area (Å²) in [6, 6.07) is 1.73. The van der Waals surface area contributed by atoms with Crippen LogP contribution in [0.4, 0.5) is 0 Å². The Bertz CT molecular complexity index is 513. The van der Waals surface area contributed by atoms with E-state index in [9.17, 15) is 5.11 Å². The van der Waals surface area contributed by atoms with Crippen molar-refractivity contribution < 1.29 is 32.3 Å². The van der Waals surface area contributed by atoms with E-state index in [1.165, 1.54) is 0 Å². The summed E-state index contributed by atoms with van der Waals surface area (Å²) in [4.78, 5) is 4.56. The quantitative estimate of drug-likeness (QED) is 0.135. The number of aliphatic hydroxyl groups is 1. The molecule has 11 heteroatoms. The van der Waals surface area contributed by atoms with Crippen molar-refractivity contribution in [1.29, 1.82) is 0 Å². The smallest absolute Gasteiger partial charge is 0.335 e. The van der Waals surface area contributed by atoms with Crippen molar-refractivity contribution in [2.75, 3.05) is 87.0 Å². The second kappa shape index (κ2) is 21.0. The van der Waals surface area contributed by atoms with E-state index >= 15 is 0 Å². The van der Waals surface area contributed by atoms with E-state index in [2.05, 4.69) is 50.6 Å². The summed E-state index contributed by atoms with van der Waals surface area (Å²) >= 11 is 0. The molecule has 0 radical (unpaired) electrons. The van der Waals surface area contributed by atoms with Gasteiger partial charge in [-0.2, -0.15) is 0 Å². The monoisotopic (exact) mass is 554 g/mol. The van der Waals surface area contributed by atoms with Gasteiger partial charge in [0.15, 0.2) is 0 Å². The molecular formula is C25H58N2O7Si2. The lowest BCUT2D eigenvalue weighted by atomic mass is 10.3. The third-order valence-corrected chi connectivity index (χ3v) is 12.8. The van der Waals surface area contributed by atoms with Crippen molar-refractivity contribution in [3.05, 3.63) is 0 Å². The van der Waals surface area contributed by atoms with Crippen LogP contribution in [0.3, 0.4) is 0 Å². The Morgan fingerprint density at radius 3 is 1.58 bits per heavy atom. The summed E-state index contributed by atoms with van der Waals surface area (Å²) in [6.07, 6.45) is 1.23. The Labute approximate surface area is 224 Å². The van der Waals surface area contributed by atoms with Gasteiger partial charge in [0.2, 0.25) is 0 Å². The number of aliphatic hydroxyl groups excluding tert-OH is 1. The van der Waals surface area contributed by atoms with Crippen LogP contribution in [0.1, 0.15) is 40.5 Å². The van der Waals surface area contributed by atoms with Crippen LogP contribution >= 0.6 is 0 Å². The maximum absolute atomic E-state index is 10.2. The normalized spacial score (nSPS) is 16.0. The summed E-state index contributed by atoms with van der Waals surface area (Å²) in [5.74, 6) is 0. The molecule has 218 valence electrons. The fourth-order valence-corrected chi connectivity index (χ4v) is 7.41. The number of ether oxygens (including phenoxy) is 2. The van der Waals surface area contributed by atoms with Crippen molar-refractivity contribution in [3.63, 3.8) is 0 Å². The maximum atomic E-state index is 10.2. The molecule has 0 aliphatic heterocycles. The van der Waals surface area contributed by atoms with Crippen LogP contribution in [0.25, 0.3) is 0 Å². The van der Waals surface area contributed by atoms with Crippen molar-refractivity contribution >= 4 is 17.1 Å². The Morgan fingerprint density at radius 1 is 0.667 bits per heavy atom. The number of nitrogens with zero attached hydrogens (tertiary/aromatic N) is 2. The average molecular weight is 555 g/mol. The zero-order valence-corrected chi connectivity index (χ0v) is 26.8. The van der Waals surface area contributed by atoms with E-state index < -0.39 is 23.2 Å². The molecule has 0 aromatic heterocycles. The summed E-state index contributed by atoms with van der Waals surface area (Å²) in [7, 11) is 0.738. The van der Waals surface area contributed by atoms with Gasteiger partial charge in [-0.05, 0) is 64.2 Å². The standard InChI is InChI=1S/C25H58N2O7Si2/c1-10-26(11-2)20-24(28)22-32-16-15-19-36(9,31-7)34-25(21-27(12-3)13-4)23-33-17-14-18-35(8,29-5)30-6/h24-25,28H,10-23H2,1-9H3. The topological polar surface area (TPSA) is 82.1 Å². The maximum Gasteiger partial charge on any atom is 0.335 e. The lowest BCUT2D eigenvalue weighted by molar-refractivity contribution is 0.00897. The van der Waals surface area contributed by atoms with Crippen LogP contribution in [-0.2, 0) is 27.2 Å². The van der Waals surface area contributed by atoms with Crippen molar-refractivity contribution in [2.45, 2.75) is 77.9 Å². The predicted molar refractivity (Wildman–Crippen MR) is 151 cm³/mol. The molecule has 0 spiro atoms. The van der Waals surface area contributed by atoms with Crippen LogP contribution in [0.2, 0.25) is 25.2 Å². The fourth-order valence-electron chi connectivity index (χ4n) is 4.00. The minimum Gasteiger partial charge on any atom is -0.398 e. The zero-order valence-electron chi connectivity index (χ0n) is 24.8. The third-order valence-electron chi connectivity index (χ3n) is 6.88. The molecule has 9 nitrogen and oxygen atoms in total. The minimum atomic E-state index is -2.39. The number of hydrogen-bond acceptors (Lipinski definition) is 9. The first kappa shape index (κ1) is 36.1. The summed E-state index contributed by atoms with van der Waals surface area (Å²) in [5.41, 5.74) is 0. The van der Waals surface area contributed by atoms with Gasteiger partial charge < -0.3 is 42.1 Å². The van der Waals surface area contributed by atoms with Gasteiger partial charge in [0.25, 0.3) is 0 Å². The van der Waals surface area contributed by atoms with Crippen LogP contribution < -0.4 is 0 Å². The molecule has 3 atom stereocenters. The van der Waals surface area contributed by atoms with Crippen LogP contribution in [0, 0.1) is 0 Å². The van der Waals surface area contributed by atoms with Gasteiger partial charge in [0.05, 0.1) is 25.4 Å². The summed E-state index contributed by atoms with van der Waals surface area (Å²) in [5, 5.41) is 10.2. The molecule has 36 heavy (non-hydrogen) atoms. The van der Waals surface area contributed by atoms with Gasteiger partial charge in [-0.25, -0.2) is 0 Å². The number of likely N-dealkylation sites (N-methyl/N-ethyl adjacent to an activating group) is 2. The van der Waals surface area contributed by atoms with Gasteiger partial charge in [-0.15, -0.1) is 0 Å². The first-order chi connectivity index (χ1) is 17.1. The molecule has 0 fully saturated rings.